The van der Waals surface area contributed by atoms with Crippen molar-refractivity contribution in [3.63, 3.8) is 0 Å². The topological polar surface area (TPSA) is 23.5 Å². The first-order chi connectivity index (χ1) is 9.53. The van der Waals surface area contributed by atoms with E-state index in [1.54, 1.807) is 0 Å². The molecule has 0 radical (unpaired) electrons. The first-order valence-electron chi connectivity index (χ1n) is 8.09. The van der Waals surface area contributed by atoms with Crippen LogP contribution in [0.25, 0.3) is 0 Å². The molecule has 2 heteroatoms. The molecule has 0 amide bonds. The minimum Gasteiger partial charge on any atom is -0.390 e. The highest BCUT2D eigenvalue weighted by Crippen LogP contribution is 2.41. The highest BCUT2D eigenvalue weighted by atomic mass is 16.3. The molecule has 2 nitrogen and oxygen atoms in total. The summed E-state index contributed by atoms with van der Waals surface area (Å²) in [4.78, 5) is 2.57. The normalized spacial score (nSPS) is 23.4. The van der Waals surface area contributed by atoms with Gasteiger partial charge in [-0.25, -0.2) is 0 Å². The summed E-state index contributed by atoms with van der Waals surface area (Å²) in [6, 6.07) is 8.79. The van der Waals surface area contributed by atoms with Gasteiger partial charge < -0.3 is 10.0 Å². The second-order valence-corrected chi connectivity index (χ2v) is 7.33. The summed E-state index contributed by atoms with van der Waals surface area (Å²) in [5.41, 5.74) is 2.27. The number of aliphatic hydroxyl groups is 1. The Hall–Kier alpha value is -1.02. The monoisotopic (exact) mass is 273 g/mol. The standard InChI is InChI=1S/C18H27NO/c1-18(2,20)11-15-13-19(12-14-7-3-4-8-14)17-10-6-5-9-16(15)17/h5-6,9-10,14-15,20H,3-4,7-8,11-13H2,1-2H3. The Labute approximate surface area is 122 Å². The zero-order valence-electron chi connectivity index (χ0n) is 12.8. The predicted octanol–water partition coefficient (Wildman–Crippen LogP) is 3.94. The van der Waals surface area contributed by atoms with Crippen molar-refractivity contribution in [1.82, 2.24) is 0 Å². The van der Waals surface area contributed by atoms with Crippen molar-refractivity contribution in [3.8, 4) is 0 Å². The van der Waals surface area contributed by atoms with E-state index in [9.17, 15) is 5.11 Å². The second-order valence-electron chi connectivity index (χ2n) is 7.33. The summed E-state index contributed by atoms with van der Waals surface area (Å²) >= 11 is 0. The number of benzene rings is 1. The summed E-state index contributed by atoms with van der Waals surface area (Å²) in [5.74, 6) is 1.36. The Morgan fingerprint density at radius 2 is 1.90 bits per heavy atom. The van der Waals surface area contributed by atoms with Crippen LogP contribution >= 0.6 is 0 Å². The Bertz CT molecular complexity index is 457. The second kappa shape index (κ2) is 5.40. The smallest absolute Gasteiger partial charge is 0.0598 e. The highest BCUT2D eigenvalue weighted by Gasteiger charge is 2.33. The molecule has 1 aromatic rings. The number of rotatable bonds is 4. The van der Waals surface area contributed by atoms with Crippen LogP contribution < -0.4 is 4.90 Å². The first-order valence-corrected chi connectivity index (χ1v) is 8.09. The predicted molar refractivity (Wildman–Crippen MR) is 84.3 cm³/mol. The van der Waals surface area contributed by atoms with Crippen molar-refractivity contribution in [1.29, 1.82) is 0 Å². The van der Waals surface area contributed by atoms with E-state index in [-0.39, 0.29) is 0 Å². The molecule has 3 rings (SSSR count). The van der Waals surface area contributed by atoms with Gasteiger partial charge in [-0.3, -0.25) is 0 Å². The van der Waals surface area contributed by atoms with E-state index in [0.29, 0.717) is 5.92 Å². The van der Waals surface area contributed by atoms with Crippen molar-refractivity contribution in [3.05, 3.63) is 29.8 Å². The van der Waals surface area contributed by atoms with E-state index < -0.39 is 5.60 Å². The highest BCUT2D eigenvalue weighted by molar-refractivity contribution is 5.60. The molecular weight excluding hydrogens is 246 g/mol. The van der Waals surface area contributed by atoms with Gasteiger partial charge in [0.2, 0.25) is 0 Å². The van der Waals surface area contributed by atoms with Crippen molar-refractivity contribution < 1.29 is 5.11 Å². The van der Waals surface area contributed by atoms with E-state index in [2.05, 4.69) is 29.2 Å². The average molecular weight is 273 g/mol. The van der Waals surface area contributed by atoms with Gasteiger partial charge in [-0.2, -0.15) is 0 Å². The average Bonchev–Trinajstić information content (AvgIpc) is 2.98. The lowest BCUT2D eigenvalue weighted by atomic mass is 9.89. The van der Waals surface area contributed by atoms with Crippen LogP contribution in [0.3, 0.4) is 0 Å². The van der Waals surface area contributed by atoms with E-state index in [0.717, 1.165) is 18.9 Å². The van der Waals surface area contributed by atoms with Crippen LogP contribution in [0.1, 0.15) is 57.4 Å². The number of anilines is 1. The molecular formula is C18H27NO. The zero-order chi connectivity index (χ0) is 14.2. The molecule has 1 unspecified atom stereocenters. The van der Waals surface area contributed by atoms with Gasteiger partial charge in [0.05, 0.1) is 5.60 Å². The molecule has 1 saturated carbocycles. The summed E-state index contributed by atoms with van der Waals surface area (Å²) in [5, 5.41) is 10.2. The molecule has 1 heterocycles. The van der Waals surface area contributed by atoms with E-state index >= 15 is 0 Å². The maximum absolute atomic E-state index is 10.2. The van der Waals surface area contributed by atoms with Gasteiger partial charge in [-0.15, -0.1) is 0 Å². The van der Waals surface area contributed by atoms with Crippen molar-refractivity contribution in [2.75, 3.05) is 18.0 Å². The molecule has 1 N–H and O–H groups in total. The third-order valence-corrected chi connectivity index (χ3v) is 4.86. The minimum atomic E-state index is -0.582. The molecule has 1 aliphatic carbocycles. The van der Waals surface area contributed by atoms with Crippen molar-refractivity contribution in [2.45, 2.75) is 57.5 Å². The Morgan fingerprint density at radius 3 is 2.60 bits per heavy atom. The van der Waals surface area contributed by atoms with Gasteiger partial charge in [0.25, 0.3) is 0 Å². The van der Waals surface area contributed by atoms with E-state index in [1.807, 2.05) is 13.8 Å². The van der Waals surface area contributed by atoms with Gasteiger partial charge in [-0.1, -0.05) is 31.0 Å². The third-order valence-electron chi connectivity index (χ3n) is 4.86. The molecule has 0 saturated heterocycles. The molecule has 110 valence electrons. The van der Waals surface area contributed by atoms with Gasteiger partial charge >= 0.3 is 0 Å². The Morgan fingerprint density at radius 1 is 1.20 bits per heavy atom. The van der Waals surface area contributed by atoms with E-state index in [1.165, 1.54) is 43.5 Å². The van der Waals surface area contributed by atoms with Gasteiger partial charge in [-0.05, 0) is 50.7 Å². The summed E-state index contributed by atoms with van der Waals surface area (Å²) in [6.07, 6.45) is 6.47. The maximum atomic E-state index is 10.2. The Balaban J connectivity index is 1.77. The summed E-state index contributed by atoms with van der Waals surface area (Å²) < 4.78 is 0. The van der Waals surface area contributed by atoms with Crippen LogP contribution in [-0.2, 0) is 0 Å². The molecule has 20 heavy (non-hydrogen) atoms. The largest absolute Gasteiger partial charge is 0.390 e. The van der Waals surface area contributed by atoms with Crippen LogP contribution in [0, 0.1) is 5.92 Å². The van der Waals surface area contributed by atoms with Crippen LogP contribution in [0.2, 0.25) is 0 Å². The fourth-order valence-corrected chi connectivity index (χ4v) is 4.04. The number of fused-ring (bicyclic) bond motifs is 1. The number of hydrogen-bond donors (Lipinski definition) is 1. The molecule has 0 bridgehead atoms. The molecule has 1 fully saturated rings. The zero-order valence-corrected chi connectivity index (χ0v) is 12.8. The molecule has 1 aromatic carbocycles. The summed E-state index contributed by atoms with van der Waals surface area (Å²) in [6.45, 7) is 6.14. The minimum absolute atomic E-state index is 0.479. The maximum Gasteiger partial charge on any atom is 0.0598 e. The quantitative estimate of drug-likeness (QED) is 0.898. The third kappa shape index (κ3) is 3.01. The number of hydrogen-bond acceptors (Lipinski definition) is 2. The molecule has 2 aliphatic rings. The van der Waals surface area contributed by atoms with Crippen LogP contribution in [0.15, 0.2) is 24.3 Å². The number of para-hydroxylation sites is 1. The number of nitrogens with zero attached hydrogens (tertiary/aromatic N) is 1. The van der Waals surface area contributed by atoms with Crippen LogP contribution in [0.5, 0.6) is 0 Å². The SMILES string of the molecule is CC(C)(O)CC1CN(CC2CCCC2)c2ccccc21. The molecule has 1 atom stereocenters. The van der Waals surface area contributed by atoms with Gasteiger partial charge in [0.1, 0.15) is 0 Å². The van der Waals surface area contributed by atoms with Crippen LogP contribution in [-0.4, -0.2) is 23.8 Å². The molecule has 0 spiro atoms. The summed E-state index contributed by atoms with van der Waals surface area (Å²) in [7, 11) is 0. The lowest BCUT2D eigenvalue weighted by Gasteiger charge is -2.25. The first kappa shape index (κ1) is 13.9. The van der Waals surface area contributed by atoms with Gasteiger partial charge in [0.15, 0.2) is 0 Å². The van der Waals surface area contributed by atoms with Crippen molar-refractivity contribution >= 4 is 5.69 Å². The fraction of sp³-hybridized carbons (Fsp3) is 0.667. The van der Waals surface area contributed by atoms with Crippen molar-refractivity contribution in [2.24, 2.45) is 5.92 Å². The molecule has 0 aromatic heterocycles. The lowest BCUT2D eigenvalue weighted by molar-refractivity contribution is 0.0643. The van der Waals surface area contributed by atoms with Gasteiger partial charge in [0, 0.05) is 24.7 Å². The lowest BCUT2D eigenvalue weighted by Crippen LogP contribution is -2.29. The molecule has 1 aliphatic heterocycles. The van der Waals surface area contributed by atoms with Crippen LogP contribution in [0.4, 0.5) is 5.69 Å². The Kier molecular flexibility index (Phi) is 3.76. The fourth-order valence-electron chi connectivity index (χ4n) is 4.04. The van der Waals surface area contributed by atoms with E-state index in [4.69, 9.17) is 0 Å².